The molecule has 0 fully saturated rings. The van der Waals surface area contributed by atoms with Crippen molar-refractivity contribution in [2.45, 2.75) is 6.92 Å². The Morgan fingerprint density at radius 3 is 3.10 bits per heavy atom. The Kier molecular flexibility index (Phi) is 2.10. The lowest BCUT2D eigenvalue weighted by Gasteiger charge is -1.99. The van der Waals surface area contributed by atoms with Gasteiger partial charge < -0.3 is 10.3 Å². The van der Waals surface area contributed by atoms with Gasteiger partial charge in [0.15, 0.2) is 5.43 Å². The quantitative estimate of drug-likeness (QED) is 0.635. The molecule has 2 N–H and O–H groups in total. The van der Waals surface area contributed by atoms with Crippen LogP contribution in [0.5, 0.6) is 0 Å². The van der Waals surface area contributed by atoms with Gasteiger partial charge in [-0.3, -0.25) is 4.79 Å². The van der Waals surface area contributed by atoms with Gasteiger partial charge in [-0.15, -0.1) is 0 Å². The minimum atomic E-state index is 0.0229. The Morgan fingerprint density at radius 2 is 2.50 bits per heavy atom. The third-order valence-corrected chi connectivity index (χ3v) is 1.14. The van der Waals surface area contributed by atoms with Gasteiger partial charge in [0.1, 0.15) is 5.82 Å². The van der Waals surface area contributed by atoms with Crippen molar-refractivity contribution in [2.75, 3.05) is 11.9 Å². The maximum Gasteiger partial charge on any atom is 0.183 e. The second-order valence-corrected chi connectivity index (χ2v) is 1.97. The maximum absolute atomic E-state index is 10.7. The van der Waals surface area contributed by atoms with Crippen LogP contribution in [0.3, 0.4) is 0 Å². The summed E-state index contributed by atoms with van der Waals surface area (Å²) in [7, 11) is 0. The van der Waals surface area contributed by atoms with E-state index in [4.69, 9.17) is 0 Å². The van der Waals surface area contributed by atoms with Gasteiger partial charge in [-0.05, 0) is 6.92 Å². The molecular formula is C7H10N2O. The van der Waals surface area contributed by atoms with Crippen LogP contribution in [0.15, 0.2) is 23.1 Å². The number of aromatic amines is 1. The number of hydrogen-bond donors (Lipinski definition) is 2. The van der Waals surface area contributed by atoms with E-state index in [9.17, 15) is 4.79 Å². The van der Waals surface area contributed by atoms with Gasteiger partial charge in [0.05, 0.1) is 0 Å². The molecular weight excluding hydrogens is 128 g/mol. The van der Waals surface area contributed by atoms with E-state index >= 15 is 0 Å². The fourth-order valence-electron chi connectivity index (χ4n) is 0.738. The average Bonchev–Trinajstić information content (AvgIpc) is 1.88. The van der Waals surface area contributed by atoms with Crippen LogP contribution in [0.25, 0.3) is 0 Å². The molecule has 3 heteroatoms. The smallest absolute Gasteiger partial charge is 0.183 e. The van der Waals surface area contributed by atoms with Gasteiger partial charge in [-0.25, -0.2) is 0 Å². The van der Waals surface area contributed by atoms with Crippen LogP contribution in [0.2, 0.25) is 0 Å². The SMILES string of the molecule is CCNc1cc(=O)cc[nH]1. The van der Waals surface area contributed by atoms with Crippen molar-refractivity contribution in [2.24, 2.45) is 0 Å². The largest absolute Gasteiger partial charge is 0.372 e. The van der Waals surface area contributed by atoms with Crippen molar-refractivity contribution in [3.8, 4) is 0 Å². The zero-order valence-corrected chi connectivity index (χ0v) is 5.85. The number of pyridine rings is 1. The first-order chi connectivity index (χ1) is 4.83. The highest BCUT2D eigenvalue weighted by Gasteiger charge is 1.87. The Bertz CT molecular complexity index is 254. The Labute approximate surface area is 59.1 Å². The molecule has 0 saturated heterocycles. The third kappa shape index (κ3) is 1.62. The lowest BCUT2D eigenvalue weighted by Crippen LogP contribution is -2.04. The predicted octanol–water partition coefficient (Wildman–Crippen LogP) is 0.807. The van der Waals surface area contributed by atoms with E-state index in [-0.39, 0.29) is 5.43 Å². The molecule has 54 valence electrons. The lowest BCUT2D eigenvalue weighted by molar-refractivity contribution is 1.15. The van der Waals surface area contributed by atoms with Gasteiger partial charge in [0, 0.05) is 24.9 Å². The fraction of sp³-hybridized carbons (Fsp3) is 0.286. The molecule has 0 atom stereocenters. The molecule has 0 saturated carbocycles. The highest BCUT2D eigenvalue weighted by atomic mass is 16.1. The first-order valence-corrected chi connectivity index (χ1v) is 3.25. The molecule has 3 nitrogen and oxygen atoms in total. The van der Waals surface area contributed by atoms with E-state index < -0.39 is 0 Å². The first-order valence-electron chi connectivity index (χ1n) is 3.25. The van der Waals surface area contributed by atoms with E-state index in [0.717, 1.165) is 12.4 Å². The summed E-state index contributed by atoms with van der Waals surface area (Å²) in [4.78, 5) is 13.6. The number of rotatable bonds is 2. The van der Waals surface area contributed by atoms with Gasteiger partial charge in [0.25, 0.3) is 0 Å². The fourth-order valence-corrected chi connectivity index (χ4v) is 0.738. The molecule has 0 unspecified atom stereocenters. The second-order valence-electron chi connectivity index (χ2n) is 1.97. The number of nitrogens with one attached hydrogen (secondary N) is 2. The minimum Gasteiger partial charge on any atom is -0.372 e. The lowest BCUT2D eigenvalue weighted by atomic mass is 10.4. The zero-order chi connectivity index (χ0) is 7.40. The standard InChI is InChI=1S/C7H10N2O/c1-2-8-7-5-6(10)3-4-9-7/h3-5H,2H2,1H3,(H2,8,9,10). The van der Waals surface area contributed by atoms with Crippen LogP contribution in [-0.4, -0.2) is 11.5 Å². The summed E-state index contributed by atoms with van der Waals surface area (Å²) in [5, 5.41) is 2.99. The molecule has 1 heterocycles. The molecule has 1 aromatic rings. The Hall–Kier alpha value is -1.25. The summed E-state index contributed by atoms with van der Waals surface area (Å²) in [6.07, 6.45) is 1.63. The van der Waals surface area contributed by atoms with Crippen LogP contribution >= 0.6 is 0 Å². The normalized spacial score (nSPS) is 9.30. The van der Waals surface area contributed by atoms with Crippen LogP contribution in [0.4, 0.5) is 5.82 Å². The van der Waals surface area contributed by atoms with Crippen molar-refractivity contribution >= 4 is 5.82 Å². The molecule has 1 aromatic heterocycles. The molecule has 0 bridgehead atoms. The minimum absolute atomic E-state index is 0.0229. The average molecular weight is 138 g/mol. The van der Waals surface area contributed by atoms with E-state index in [1.165, 1.54) is 12.1 Å². The third-order valence-electron chi connectivity index (χ3n) is 1.14. The summed E-state index contributed by atoms with van der Waals surface area (Å²) in [6, 6.07) is 3.02. The topological polar surface area (TPSA) is 44.9 Å². The highest BCUT2D eigenvalue weighted by Crippen LogP contribution is 1.93. The van der Waals surface area contributed by atoms with Crippen LogP contribution in [0.1, 0.15) is 6.92 Å². The van der Waals surface area contributed by atoms with Crippen molar-refractivity contribution in [1.82, 2.24) is 4.98 Å². The summed E-state index contributed by atoms with van der Waals surface area (Å²) < 4.78 is 0. The summed E-state index contributed by atoms with van der Waals surface area (Å²) in [5.74, 6) is 0.773. The number of anilines is 1. The molecule has 0 aliphatic heterocycles. The van der Waals surface area contributed by atoms with Crippen LogP contribution in [0, 0.1) is 0 Å². The van der Waals surface area contributed by atoms with Crippen molar-refractivity contribution in [3.05, 3.63) is 28.6 Å². The predicted molar refractivity (Wildman–Crippen MR) is 41.2 cm³/mol. The van der Waals surface area contributed by atoms with Crippen molar-refractivity contribution in [1.29, 1.82) is 0 Å². The monoisotopic (exact) mass is 138 g/mol. The highest BCUT2D eigenvalue weighted by molar-refractivity contribution is 5.32. The molecule has 0 spiro atoms. The molecule has 0 aliphatic rings. The van der Waals surface area contributed by atoms with Crippen molar-refractivity contribution < 1.29 is 0 Å². The number of hydrogen-bond acceptors (Lipinski definition) is 2. The number of aromatic nitrogens is 1. The van der Waals surface area contributed by atoms with Crippen LogP contribution in [-0.2, 0) is 0 Å². The van der Waals surface area contributed by atoms with E-state index in [2.05, 4.69) is 10.3 Å². The zero-order valence-electron chi connectivity index (χ0n) is 5.85. The molecule has 0 aromatic carbocycles. The van der Waals surface area contributed by atoms with E-state index in [1.54, 1.807) is 6.20 Å². The maximum atomic E-state index is 10.7. The summed E-state index contributed by atoms with van der Waals surface area (Å²) in [5.41, 5.74) is 0.0229. The number of H-pyrrole nitrogens is 1. The van der Waals surface area contributed by atoms with Gasteiger partial charge in [-0.2, -0.15) is 0 Å². The van der Waals surface area contributed by atoms with Crippen molar-refractivity contribution in [3.63, 3.8) is 0 Å². The summed E-state index contributed by atoms with van der Waals surface area (Å²) >= 11 is 0. The Balaban J connectivity index is 2.85. The summed E-state index contributed by atoms with van der Waals surface area (Å²) in [6.45, 7) is 2.80. The van der Waals surface area contributed by atoms with Gasteiger partial charge in [0.2, 0.25) is 0 Å². The van der Waals surface area contributed by atoms with Gasteiger partial charge in [-0.1, -0.05) is 0 Å². The van der Waals surface area contributed by atoms with Crippen LogP contribution < -0.4 is 10.7 Å². The molecule has 0 radical (unpaired) electrons. The van der Waals surface area contributed by atoms with E-state index in [1.807, 2.05) is 6.92 Å². The first kappa shape index (κ1) is 6.86. The second kappa shape index (κ2) is 3.06. The molecule has 0 aliphatic carbocycles. The molecule has 1 rings (SSSR count). The van der Waals surface area contributed by atoms with Gasteiger partial charge >= 0.3 is 0 Å². The van der Waals surface area contributed by atoms with E-state index in [0.29, 0.717) is 0 Å². The Morgan fingerprint density at radius 1 is 1.70 bits per heavy atom. The molecule has 0 amide bonds. The molecule has 10 heavy (non-hydrogen) atoms.